The number of ketones is 2. The molecule has 1 spiro atoms. The highest BCUT2D eigenvalue weighted by Gasteiger charge is 2.72. The molecule has 3 rings (SSSR count). The molecule has 2 saturated heterocycles. The summed E-state index contributed by atoms with van der Waals surface area (Å²) in [5.74, 6) is -1.43. The Labute approximate surface area is 370 Å². The average Bonchev–Trinajstić information content (AvgIpc) is 4.13. The van der Waals surface area contributed by atoms with Gasteiger partial charge in [-0.1, -0.05) is 72.5 Å². The lowest BCUT2D eigenvalue weighted by Crippen LogP contribution is -2.55. The van der Waals surface area contributed by atoms with Crippen molar-refractivity contribution in [1.29, 1.82) is 0 Å². The maximum Gasteiger partial charge on any atom is 0.407 e. The van der Waals surface area contributed by atoms with Gasteiger partial charge >= 0.3 is 12.1 Å². The fourth-order valence-electron chi connectivity index (χ4n) is 8.20. The van der Waals surface area contributed by atoms with Crippen molar-refractivity contribution in [3.8, 4) is 0 Å². The van der Waals surface area contributed by atoms with Crippen molar-refractivity contribution in [2.45, 2.75) is 168 Å². The van der Waals surface area contributed by atoms with Gasteiger partial charge in [0, 0.05) is 31.9 Å². The standard InChI is InChI=1S/C46H79N5O11/c1-29(2)17-18-38-45(9,62-38)42-41(58-10)37(19-20-46(42)28-60-46)61-40(55)23-33(31(5)6)27-59-44(57)47-21-15-13-11-12-14-16-34(52)24-50-51-35(22-30(3)4)43(56)49-26-39(54)48-25-36(53)32(7)8/h17,30-33,35,37-38,41-42,50-51H,11-16,18-28H2,1-10H3,(H,47,57)(H,48,54)(H,49,56)/t33-,35-,37?,38+,41?,42?,45?,46-/m0/s1. The first-order valence-electron chi connectivity index (χ1n) is 23.0. The minimum absolute atomic E-state index is 0.0122. The van der Waals surface area contributed by atoms with Crippen LogP contribution in [0.15, 0.2) is 11.6 Å². The summed E-state index contributed by atoms with van der Waals surface area (Å²) in [6.45, 7) is 18.7. The molecular weight excluding hydrogens is 799 g/mol. The lowest BCUT2D eigenvalue weighted by molar-refractivity contribution is -0.173. The summed E-state index contributed by atoms with van der Waals surface area (Å²) >= 11 is 0. The van der Waals surface area contributed by atoms with E-state index in [1.54, 1.807) is 21.0 Å². The Hall–Kier alpha value is -3.44. The van der Waals surface area contributed by atoms with Gasteiger partial charge in [0.1, 0.15) is 35.2 Å². The number of unbranched alkanes of at least 4 members (excludes halogenated alkanes) is 4. The molecule has 16 nitrogen and oxygen atoms in total. The Kier molecular flexibility index (Phi) is 22.0. The zero-order valence-electron chi connectivity index (χ0n) is 39.3. The number of ether oxygens (including phenoxy) is 5. The number of methoxy groups -OCH3 is 1. The second-order valence-corrected chi connectivity index (χ2v) is 19.0. The van der Waals surface area contributed by atoms with Crippen molar-refractivity contribution in [1.82, 2.24) is 26.8 Å². The first kappa shape index (κ1) is 52.9. The minimum atomic E-state index is -0.645. The van der Waals surface area contributed by atoms with Gasteiger partial charge in [0.15, 0.2) is 5.78 Å². The molecule has 3 amide bonds. The third-order valence-corrected chi connectivity index (χ3v) is 12.3. The number of hydrogen-bond donors (Lipinski definition) is 5. The van der Waals surface area contributed by atoms with Crippen molar-refractivity contribution < 1.29 is 52.5 Å². The Bertz CT molecular complexity index is 1510. The molecule has 3 fully saturated rings. The third kappa shape index (κ3) is 17.6. The largest absolute Gasteiger partial charge is 0.460 e. The number of Topliss-reactive ketones (excluding diaryl/α,β-unsaturated/α-hetero) is 2. The SMILES string of the molecule is COC1C(OC(=O)C[C@@H](COC(=O)NCCCCCCCC(=O)CNN[C@@H](CC(C)C)C(=O)NCC(=O)NCC(=O)C(C)C)C(C)C)CC[C@]2(CO2)C1C1(C)O[C@@H]1CC=C(C)C. The topological polar surface area (TPSA) is 215 Å². The van der Waals surface area contributed by atoms with Crippen LogP contribution >= 0.6 is 0 Å². The normalized spacial score (nSPS) is 24.9. The Morgan fingerprint density at radius 2 is 1.58 bits per heavy atom. The maximum atomic E-state index is 13.3. The predicted molar refractivity (Wildman–Crippen MR) is 235 cm³/mol. The van der Waals surface area contributed by atoms with Crippen LogP contribution in [0.25, 0.3) is 0 Å². The second kappa shape index (κ2) is 25.8. The highest BCUT2D eigenvalue weighted by Crippen LogP contribution is 2.59. The van der Waals surface area contributed by atoms with E-state index in [4.69, 9.17) is 23.7 Å². The Morgan fingerprint density at radius 3 is 2.21 bits per heavy atom. The predicted octanol–water partition coefficient (Wildman–Crippen LogP) is 4.87. The second-order valence-electron chi connectivity index (χ2n) is 19.0. The van der Waals surface area contributed by atoms with Gasteiger partial charge in [-0.05, 0) is 71.1 Å². The molecule has 4 unspecified atom stereocenters. The lowest BCUT2D eigenvalue weighted by atomic mass is 9.68. The molecule has 0 bridgehead atoms. The first-order valence-corrected chi connectivity index (χ1v) is 23.0. The fraction of sp³-hybridized carbons (Fsp3) is 0.826. The minimum Gasteiger partial charge on any atom is -0.460 e. The molecule has 1 saturated carbocycles. The number of alkyl carbamates (subject to hydrolysis) is 1. The summed E-state index contributed by atoms with van der Waals surface area (Å²) in [5, 5.41) is 7.91. The molecule has 62 heavy (non-hydrogen) atoms. The molecule has 3 aliphatic rings. The number of esters is 1. The molecule has 0 aromatic heterocycles. The first-order chi connectivity index (χ1) is 29.3. The highest BCUT2D eigenvalue weighted by molar-refractivity contribution is 5.90. The summed E-state index contributed by atoms with van der Waals surface area (Å²) in [6.07, 6.45) is 8.36. The summed E-state index contributed by atoms with van der Waals surface area (Å²) in [5.41, 5.74) is 6.31. The van der Waals surface area contributed by atoms with Crippen LogP contribution in [0.5, 0.6) is 0 Å². The van der Waals surface area contributed by atoms with Crippen LogP contribution in [0.2, 0.25) is 0 Å². The van der Waals surface area contributed by atoms with Gasteiger partial charge in [-0.25, -0.2) is 15.6 Å². The van der Waals surface area contributed by atoms with Gasteiger partial charge < -0.3 is 39.6 Å². The monoisotopic (exact) mass is 878 g/mol. The molecule has 0 aromatic carbocycles. The van der Waals surface area contributed by atoms with Crippen molar-refractivity contribution in [3.63, 3.8) is 0 Å². The Morgan fingerprint density at radius 1 is 0.887 bits per heavy atom. The smallest absolute Gasteiger partial charge is 0.407 e. The highest BCUT2D eigenvalue weighted by atomic mass is 16.6. The van der Waals surface area contributed by atoms with Crippen molar-refractivity contribution in [3.05, 3.63) is 11.6 Å². The number of epoxide rings is 2. The van der Waals surface area contributed by atoms with Crippen molar-refractivity contribution >= 4 is 35.4 Å². The number of carbonyl (C=O) groups excluding carboxylic acids is 6. The Balaban J connectivity index is 1.27. The molecule has 1 aliphatic carbocycles. The van der Waals surface area contributed by atoms with Crippen molar-refractivity contribution in [2.75, 3.05) is 46.5 Å². The van der Waals surface area contributed by atoms with Crippen molar-refractivity contribution in [2.24, 2.45) is 29.6 Å². The van der Waals surface area contributed by atoms with E-state index in [9.17, 15) is 28.8 Å². The van der Waals surface area contributed by atoms with Crippen LogP contribution < -0.4 is 26.8 Å². The van der Waals surface area contributed by atoms with E-state index in [1.165, 1.54) is 5.57 Å². The number of allylic oxidation sites excluding steroid dienone is 1. The number of carbonyl (C=O) groups is 6. The number of hydrogen-bond acceptors (Lipinski definition) is 13. The van der Waals surface area contributed by atoms with Gasteiger partial charge in [0.05, 0.1) is 51.3 Å². The molecule has 16 heteroatoms. The van der Waals surface area contributed by atoms with E-state index in [1.807, 2.05) is 27.7 Å². The zero-order chi connectivity index (χ0) is 46.0. The molecule has 2 heterocycles. The van der Waals surface area contributed by atoms with E-state index in [0.717, 1.165) is 44.9 Å². The number of amides is 3. The number of rotatable bonds is 30. The molecule has 354 valence electrons. The van der Waals surface area contributed by atoms with Crippen LogP contribution in [0.4, 0.5) is 4.79 Å². The van der Waals surface area contributed by atoms with Gasteiger partial charge in [0.2, 0.25) is 11.8 Å². The van der Waals surface area contributed by atoms with E-state index in [-0.39, 0.29) is 104 Å². The van der Waals surface area contributed by atoms with E-state index >= 15 is 0 Å². The zero-order valence-corrected chi connectivity index (χ0v) is 39.3. The molecule has 0 radical (unpaired) electrons. The summed E-state index contributed by atoms with van der Waals surface area (Å²) in [7, 11) is 1.66. The molecule has 0 aromatic rings. The van der Waals surface area contributed by atoms with Crippen LogP contribution in [-0.2, 0) is 47.7 Å². The van der Waals surface area contributed by atoms with Crippen LogP contribution in [0.1, 0.15) is 133 Å². The van der Waals surface area contributed by atoms with Gasteiger partial charge in [-0.15, -0.1) is 0 Å². The van der Waals surface area contributed by atoms with E-state index in [0.29, 0.717) is 32.4 Å². The summed E-state index contributed by atoms with van der Waals surface area (Å²) in [4.78, 5) is 74.8. The van der Waals surface area contributed by atoms with Crippen LogP contribution in [0.3, 0.4) is 0 Å². The summed E-state index contributed by atoms with van der Waals surface area (Å²) < 4.78 is 30.0. The summed E-state index contributed by atoms with van der Waals surface area (Å²) in [6, 6.07) is -0.645. The third-order valence-electron chi connectivity index (χ3n) is 12.3. The number of hydrazine groups is 1. The van der Waals surface area contributed by atoms with E-state index < -0.39 is 29.7 Å². The lowest BCUT2D eigenvalue weighted by Gasteiger charge is -2.42. The fourth-order valence-corrected chi connectivity index (χ4v) is 8.20. The maximum absolute atomic E-state index is 13.3. The quantitative estimate of drug-likeness (QED) is 0.0214. The van der Waals surface area contributed by atoms with E-state index in [2.05, 4.69) is 53.6 Å². The molecule has 8 atom stereocenters. The van der Waals surface area contributed by atoms with Crippen LogP contribution in [0, 0.1) is 29.6 Å². The molecule has 2 aliphatic heterocycles. The van der Waals surface area contributed by atoms with Gasteiger partial charge in [0.25, 0.3) is 0 Å². The van der Waals surface area contributed by atoms with Crippen LogP contribution in [-0.4, -0.2) is 118 Å². The van der Waals surface area contributed by atoms with Gasteiger partial charge in [-0.2, -0.15) is 0 Å². The number of nitrogens with one attached hydrogen (secondary N) is 5. The molecular formula is C46H79N5O11. The molecule has 5 N–H and O–H groups in total. The average molecular weight is 878 g/mol. The van der Waals surface area contributed by atoms with Gasteiger partial charge in [-0.3, -0.25) is 24.0 Å².